The first kappa shape index (κ1) is 16.3. The lowest BCUT2D eigenvalue weighted by Gasteiger charge is -2.28. The van der Waals surface area contributed by atoms with Crippen molar-refractivity contribution in [2.24, 2.45) is 0 Å². The Morgan fingerprint density at radius 1 is 1.28 bits per heavy atom. The first-order valence-corrected chi connectivity index (χ1v) is 9.74. The maximum absolute atomic E-state index is 12.5. The number of anilines is 1. The highest BCUT2D eigenvalue weighted by Gasteiger charge is 2.22. The number of carbonyl (C=O) groups is 1. The Balaban J connectivity index is 1.40. The molecule has 25 heavy (non-hydrogen) atoms. The second-order valence-corrected chi connectivity index (χ2v) is 7.68. The fraction of sp³-hybridized carbons (Fsp3) is 0.471. The standard InChI is InChI=1S/C17H21N5O2S/c23-16-2-1-12-11-21(7-3-14(12)18-16)17(24)19-15-4-8-22(20-15)13-5-9-25-10-6-13/h1-2,4,8,13H,3,5-7,9-11H2,(H,18,23)(H,19,20,24). The number of aromatic amines is 1. The number of hydrogen-bond donors (Lipinski definition) is 2. The Morgan fingerprint density at radius 3 is 2.96 bits per heavy atom. The summed E-state index contributed by atoms with van der Waals surface area (Å²) in [7, 11) is 0. The average Bonchev–Trinajstić information content (AvgIpc) is 3.10. The Bertz CT molecular complexity index is 824. The van der Waals surface area contributed by atoms with Gasteiger partial charge in [-0.1, -0.05) is 6.07 Å². The van der Waals surface area contributed by atoms with Crippen LogP contribution < -0.4 is 10.9 Å². The number of rotatable bonds is 2. The van der Waals surface area contributed by atoms with Crippen molar-refractivity contribution in [3.63, 3.8) is 0 Å². The lowest BCUT2D eigenvalue weighted by molar-refractivity contribution is 0.205. The molecule has 4 rings (SSSR count). The summed E-state index contributed by atoms with van der Waals surface area (Å²) < 4.78 is 1.98. The minimum atomic E-state index is -0.152. The molecule has 4 heterocycles. The lowest BCUT2D eigenvalue weighted by Crippen LogP contribution is -2.39. The van der Waals surface area contributed by atoms with Crippen LogP contribution >= 0.6 is 11.8 Å². The number of nitrogens with one attached hydrogen (secondary N) is 2. The maximum atomic E-state index is 12.5. The van der Waals surface area contributed by atoms with Crippen molar-refractivity contribution in [1.82, 2.24) is 19.7 Å². The number of carbonyl (C=O) groups excluding carboxylic acids is 1. The monoisotopic (exact) mass is 359 g/mol. The third kappa shape index (κ3) is 3.58. The van der Waals surface area contributed by atoms with Gasteiger partial charge in [0.25, 0.3) is 0 Å². The highest BCUT2D eigenvalue weighted by molar-refractivity contribution is 7.99. The zero-order valence-electron chi connectivity index (χ0n) is 13.9. The van der Waals surface area contributed by atoms with Crippen LogP contribution in [0.1, 0.15) is 30.1 Å². The number of H-pyrrole nitrogens is 1. The van der Waals surface area contributed by atoms with Crippen LogP contribution in [0.15, 0.2) is 29.2 Å². The van der Waals surface area contributed by atoms with Crippen molar-refractivity contribution < 1.29 is 4.79 Å². The molecule has 1 fully saturated rings. The van der Waals surface area contributed by atoms with Crippen molar-refractivity contribution in [3.8, 4) is 0 Å². The van der Waals surface area contributed by atoms with E-state index >= 15 is 0 Å². The van der Waals surface area contributed by atoms with Crippen molar-refractivity contribution >= 4 is 23.6 Å². The van der Waals surface area contributed by atoms with Crippen LogP contribution in [0.3, 0.4) is 0 Å². The topological polar surface area (TPSA) is 83.0 Å². The number of nitrogens with zero attached hydrogens (tertiary/aromatic N) is 3. The summed E-state index contributed by atoms with van der Waals surface area (Å²) in [5, 5.41) is 7.42. The van der Waals surface area contributed by atoms with Crippen LogP contribution in [-0.2, 0) is 13.0 Å². The van der Waals surface area contributed by atoms with E-state index in [0.717, 1.165) is 24.1 Å². The normalized spacial score (nSPS) is 18.0. The van der Waals surface area contributed by atoms with Gasteiger partial charge in [0, 0.05) is 43.5 Å². The molecule has 2 aliphatic rings. The first-order chi connectivity index (χ1) is 12.2. The molecule has 1 saturated heterocycles. The van der Waals surface area contributed by atoms with Gasteiger partial charge in [-0.2, -0.15) is 16.9 Å². The third-order valence-electron chi connectivity index (χ3n) is 4.79. The van der Waals surface area contributed by atoms with E-state index in [1.807, 2.05) is 28.7 Å². The molecule has 0 bridgehead atoms. The van der Waals surface area contributed by atoms with E-state index in [1.165, 1.54) is 17.6 Å². The van der Waals surface area contributed by atoms with E-state index in [0.29, 0.717) is 31.4 Å². The molecule has 2 N–H and O–H groups in total. The lowest BCUT2D eigenvalue weighted by atomic mass is 10.1. The Hall–Kier alpha value is -2.22. The first-order valence-electron chi connectivity index (χ1n) is 8.59. The van der Waals surface area contributed by atoms with Gasteiger partial charge in [-0.25, -0.2) is 4.79 Å². The van der Waals surface area contributed by atoms with Crippen LogP contribution in [0.5, 0.6) is 0 Å². The minimum absolute atomic E-state index is 0.0942. The fourth-order valence-electron chi connectivity index (χ4n) is 3.37. The second-order valence-electron chi connectivity index (χ2n) is 6.45. The maximum Gasteiger partial charge on any atom is 0.323 e. The molecule has 0 aromatic carbocycles. The van der Waals surface area contributed by atoms with Crippen LogP contribution in [0.2, 0.25) is 0 Å². The van der Waals surface area contributed by atoms with Crippen LogP contribution in [0.25, 0.3) is 0 Å². The van der Waals surface area contributed by atoms with Gasteiger partial charge >= 0.3 is 6.03 Å². The van der Waals surface area contributed by atoms with Gasteiger partial charge in [-0.15, -0.1) is 0 Å². The molecule has 0 atom stereocenters. The largest absolute Gasteiger partial charge is 0.326 e. The molecule has 0 radical (unpaired) electrons. The van der Waals surface area contributed by atoms with E-state index in [4.69, 9.17) is 0 Å². The second kappa shape index (κ2) is 6.95. The molecule has 7 nitrogen and oxygen atoms in total. The number of aromatic nitrogens is 3. The molecule has 8 heteroatoms. The average molecular weight is 359 g/mol. The van der Waals surface area contributed by atoms with Crippen LogP contribution in [0, 0.1) is 0 Å². The van der Waals surface area contributed by atoms with Crippen molar-refractivity contribution in [1.29, 1.82) is 0 Å². The zero-order chi connectivity index (χ0) is 17.2. The summed E-state index contributed by atoms with van der Waals surface area (Å²) in [6.45, 7) is 1.08. The van der Waals surface area contributed by atoms with E-state index in [-0.39, 0.29) is 11.6 Å². The summed E-state index contributed by atoms with van der Waals surface area (Å²) in [5.41, 5.74) is 1.82. The molecule has 2 amide bonds. The molecule has 0 saturated carbocycles. The summed E-state index contributed by atoms with van der Waals surface area (Å²) >= 11 is 1.99. The molecule has 0 spiro atoms. The Morgan fingerprint density at radius 2 is 2.12 bits per heavy atom. The third-order valence-corrected chi connectivity index (χ3v) is 5.83. The number of fused-ring (bicyclic) bond motifs is 1. The highest BCUT2D eigenvalue weighted by atomic mass is 32.2. The van der Waals surface area contributed by atoms with Crippen LogP contribution in [0.4, 0.5) is 10.6 Å². The van der Waals surface area contributed by atoms with Gasteiger partial charge in [0.05, 0.1) is 6.04 Å². The van der Waals surface area contributed by atoms with Gasteiger partial charge in [0.2, 0.25) is 5.56 Å². The minimum Gasteiger partial charge on any atom is -0.326 e. The van der Waals surface area contributed by atoms with Gasteiger partial charge < -0.3 is 9.88 Å². The van der Waals surface area contributed by atoms with Crippen molar-refractivity contribution in [3.05, 3.63) is 46.0 Å². The number of amides is 2. The Labute approximate surface area is 149 Å². The quantitative estimate of drug-likeness (QED) is 0.861. The van der Waals surface area contributed by atoms with Crippen molar-refractivity contribution in [2.45, 2.75) is 31.8 Å². The molecule has 2 aromatic heterocycles. The number of pyridine rings is 1. The predicted octanol–water partition coefficient (Wildman–Crippen LogP) is 2.23. The summed E-state index contributed by atoms with van der Waals surface area (Å²) in [6.07, 6.45) is 4.86. The molecule has 2 aromatic rings. The van der Waals surface area contributed by atoms with Crippen LogP contribution in [-0.4, -0.2) is 43.7 Å². The Kier molecular flexibility index (Phi) is 4.52. The number of urea groups is 1. The molecule has 2 aliphatic heterocycles. The van der Waals surface area contributed by atoms with Gasteiger partial charge in [-0.05, 0) is 29.9 Å². The van der Waals surface area contributed by atoms with Gasteiger partial charge in [0.15, 0.2) is 5.82 Å². The summed E-state index contributed by atoms with van der Waals surface area (Å²) in [5.74, 6) is 2.93. The van der Waals surface area contributed by atoms with Crippen molar-refractivity contribution in [2.75, 3.05) is 23.4 Å². The number of thioether (sulfide) groups is 1. The molecule has 0 aliphatic carbocycles. The highest BCUT2D eigenvalue weighted by Crippen LogP contribution is 2.27. The SMILES string of the molecule is O=C(Nc1ccn(C2CCSCC2)n1)N1CCc2[nH]c(=O)ccc2C1. The zero-order valence-corrected chi connectivity index (χ0v) is 14.7. The summed E-state index contributed by atoms with van der Waals surface area (Å²) in [6, 6.07) is 5.44. The molecular formula is C17H21N5O2S. The van der Waals surface area contributed by atoms with Gasteiger partial charge in [-0.3, -0.25) is 14.8 Å². The van der Waals surface area contributed by atoms with Gasteiger partial charge in [0.1, 0.15) is 0 Å². The molecule has 0 unspecified atom stereocenters. The van der Waals surface area contributed by atoms with E-state index in [1.54, 1.807) is 11.0 Å². The van der Waals surface area contributed by atoms with E-state index in [2.05, 4.69) is 15.4 Å². The fourth-order valence-corrected chi connectivity index (χ4v) is 4.45. The summed E-state index contributed by atoms with van der Waals surface area (Å²) in [4.78, 5) is 28.5. The van der Waals surface area contributed by atoms with E-state index < -0.39 is 0 Å². The predicted molar refractivity (Wildman–Crippen MR) is 98.0 cm³/mol. The van der Waals surface area contributed by atoms with E-state index in [9.17, 15) is 9.59 Å². The molecule has 132 valence electrons. The number of hydrogen-bond acceptors (Lipinski definition) is 4. The smallest absolute Gasteiger partial charge is 0.323 e. The molecular weight excluding hydrogens is 338 g/mol.